The first-order chi connectivity index (χ1) is 15.0. The number of nitrogens with one attached hydrogen (secondary N) is 1. The van der Waals surface area contributed by atoms with Crippen LogP contribution < -0.4 is 19.6 Å². The molecular weight excluding hydrogens is 420 g/mol. The first-order valence-corrected chi connectivity index (χ1v) is 9.51. The number of rotatable bonds is 7. The molecule has 1 amide bonds. The van der Waals surface area contributed by atoms with Gasteiger partial charge in [-0.15, -0.1) is 0 Å². The van der Waals surface area contributed by atoms with Crippen LogP contribution in [-0.4, -0.2) is 32.3 Å². The van der Waals surface area contributed by atoms with Gasteiger partial charge in [-0.05, 0) is 72.3 Å². The van der Waals surface area contributed by atoms with E-state index in [1.807, 2.05) is 0 Å². The molecule has 0 radical (unpaired) electrons. The van der Waals surface area contributed by atoms with E-state index in [0.29, 0.717) is 28.2 Å². The highest BCUT2D eigenvalue weighted by atomic mass is 35.5. The predicted molar refractivity (Wildman–Crippen MR) is 117 cm³/mol. The van der Waals surface area contributed by atoms with Gasteiger partial charge >= 0.3 is 5.97 Å². The van der Waals surface area contributed by atoms with Crippen LogP contribution in [0, 0.1) is 0 Å². The Kier molecular flexibility index (Phi) is 7.24. The number of ether oxygens (including phenoxy) is 3. The number of benzene rings is 3. The van der Waals surface area contributed by atoms with Gasteiger partial charge in [-0.3, -0.25) is 4.79 Å². The molecule has 0 aliphatic rings. The molecular formula is C23H19ClN2O5. The summed E-state index contributed by atoms with van der Waals surface area (Å²) in [6.07, 6.45) is 1.43. The van der Waals surface area contributed by atoms with Crippen LogP contribution in [0.4, 0.5) is 0 Å². The maximum atomic E-state index is 12.3. The van der Waals surface area contributed by atoms with Gasteiger partial charge in [-0.1, -0.05) is 11.6 Å². The Morgan fingerprint density at radius 2 is 1.45 bits per heavy atom. The minimum Gasteiger partial charge on any atom is -0.497 e. The number of nitrogens with zero attached hydrogens (tertiary/aromatic N) is 1. The van der Waals surface area contributed by atoms with Gasteiger partial charge in [0.25, 0.3) is 5.91 Å². The van der Waals surface area contributed by atoms with Gasteiger partial charge in [0.15, 0.2) is 0 Å². The molecule has 31 heavy (non-hydrogen) atoms. The van der Waals surface area contributed by atoms with E-state index >= 15 is 0 Å². The summed E-state index contributed by atoms with van der Waals surface area (Å²) < 4.78 is 15.5. The summed E-state index contributed by atoms with van der Waals surface area (Å²) in [7, 11) is 3.10. The molecule has 0 fully saturated rings. The van der Waals surface area contributed by atoms with Gasteiger partial charge < -0.3 is 14.2 Å². The molecule has 158 valence electrons. The Balaban J connectivity index is 1.60. The largest absolute Gasteiger partial charge is 0.497 e. The molecule has 0 unspecified atom stereocenters. The molecule has 3 aromatic carbocycles. The maximum Gasteiger partial charge on any atom is 0.343 e. The van der Waals surface area contributed by atoms with Crippen molar-refractivity contribution in [2.24, 2.45) is 5.10 Å². The second kappa shape index (κ2) is 10.3. The fourth-order valence-corrected chi connectivity index (χ4v) is 2.77. The number of halogens is 1. The highest BCUT2D eigenvalue weighted by molar-refractivity contribution is 6.32. The van der Waals surface area contributed by atoms with E-state index in [2.05, 4.69) is 10.5 Å². The summed E-state index contributed by atoms with van der Waals surface area (Å²) in [5.41, 5.74) is 3.85. The number of hydrazone groups is 1. The van der Waals surface area contributed by atoms with E-state index in [4.69, 9.17) is 25.8 Å². The standard InChI is InChI=1S/C23H19ClN2O5/c1-29-18-8-4-16(5-9-18)22(27)26-25-14-15-3-12-21(20(24)13-15)31-23(28)17-6-10-19(30-2)11-7-17/h3-14H,1-2H3,(H,26,27)/b25-14+. The molecule has 3 rings (SSSR count). The first-order valence-electron chi connectivity index (χ1n) is 9.13. The number of hydrogen-bond donors (Lipinski definition) is 1. The number of hydrogen-bond acceptors (Lipinski definition) is 6. The molecule has 0 heterocycles. The van der Waals surface area contributed by atoms with Crippen molar-refractivity contribution in [3.63, 3.8) is 0 Å². The van der Waals surface area contributed by atoms with Crippen molar-refractivity contribution in [2.75, 3.05) is 14.2 Å². The highest BCUT2D eigenvalue weighted by Crippen LogP contribution is 2.26. The van der Waals surface area contributed by atoms with Crippen LogP contribution in [0.15, 0.2) is 71.8 Å². The minimum atomic E-state index is -0.544. The van der Waals surface area contributed by atoms with Crippen LogP contribution in [-0.2, 0) is 0 Å². The van der Waals surface area contributed by atoms with Gasteiger partial charge in [0.2, 0.25) is 0 Å². The lowest BCUT2D eigenvalue weighted by Gasteiger charge is -2.07. The lowest BCUT2D eigenvalue weighted by molar-refractivity contribution is 0.0734. The predicted octanol–water partition coefficient (Wildman–Crippen LogP) is 4.34. The van der Waals surface area contributed by atoms with Gasteiger partial charge in [-0.25, -0.2) is 10.2 Å². The van der Waals surface area contributed by atoms with Crippen LogP contribution in [0.3, 0.4) is 0 Å². The van der Waals surface area contributed by atoms with Gasteiger partial charge in [0.05, 0.1) is 31.0 Å². The average molecular weight is 439 g/mol. The Morgan fingerprint density at radius 3 is 2.00 bits per heavy atom. The van der Waals surface area contributed by atoms with Crippen LogP contribution in [0.5, 0.6) is 17.2 Å². The zero-order valence-corrected chi connectivity index (χ0v) is 17.6. The highest BCUT2D eigenvalue weighted by Gasteiger charge is 2.12. The van der Waals surface area contributed by atoms with Gasteiger partial charge in [0.1, 0.15) is 17.2 Å². The lowest BCUT2D eigenvalue weighted by Crippen LogP contribution is -2.17. The molecule has 7 nitrogen and oxygen atoms in total. The minimum absolute atomic E-state index is 0.210. The molecule has 0 bridgehead atoms. The smallest absolute Gasteiger partial charge is 0.343 e. The van der Waals surface area contributed by atoms with Crippen molar-refractivity contribution >= 4 is 29.7 Å². The van der Waals surface area contributed by atoms with Gasteiger partial charge in [0, 0.05) is 5.56 Å². The fourth-order valence-electron chi connectivity index (χ4n) is 2.54. The molecule has 0 saturated heterocycles. The van der Waals surface area contributed by atoms with E-state index in [1.54, 1.807) is 80.9 Å². The Bertz CT molecular complexity index is 1100. The van der Waals surface area contributed by atoms with Crippen LogP contribution in [0.2, 0.25) is 5.02 Å². The number of carbonyl (C=O) groups excluding carboxylic acids is 2. The Hall–Kier alpha value is -3.84. The van der Waals surface area contributed by atoms with Crippen molar-refractivity contribution in [1.29, 1.82) is 0 Å². The normalized spacial score (nSPS) is 10.5. The lowest BCUT2D eigenvalue weighted by atomic mass is 10.2. The SMILES string of the molecule is COc1ccc(C(=O)N/N=C/c2ccc(OC(=O)c3ccc(OC)cc3)c(Cl)c2)cc1. The monoisotopic (exact) mass is 438 g/mol. The maximum absolute atomic E-state index is 12.3. The summed E-state index contributed by atoms with van der Waals surface area (Å²) in [6.45, 7) is 0. The quantitative estimate of drug-likeness (QED) is 0.256. The van der Waals surface area contributed by atoms with Gasteiger partial charge in [-0.2, -0.15) is 5.10 Å². The molecule has 0 aliphatic carbocycles. The third-order valence-electron chi connectivity index (χ3n) is 4.22. The third-order valence-corrected chi connectivity index (χ3v) is 4.51. The third kappa shape index (κ3) is 5.83. The van der Waals surface area contributed by atoms with Crippen molar-refractivity contribution in [3.05, 3.63) is 88.4 Å². The Morgan fingerprint density at radius 1 is 0.871 bits per heavy atom. The van der Waals surface area contributed by atoms with Crippen LogP contribution in [0.1, 0.15) is 26.3 Å². The summed E-state index contributed by atoms with van der Waals surface area (Å²) >= 11 is 6.22. The zero-order chi connectivity index (χ0) is 22.2. The van der Waals surface area contributed by atoms with Crippen molar-refractivity contribution < 1.29 is 23.8 Å². The summed E-state index contributed by atoms with van der Waals surface area (Å²) in [6, 6.07) is 17.9. The van der Waals surface area contributed by atoms with E-state index in [9.17, 15) is 9.59 Å². The van der Waals surface area contributed by atoms with Crippen LogP contribution in [0.25, 0.3) is 0 Å². The fraction of sp³-hybridized carbons (Fsp3) is 0.0870. The summed E-state index contributed by atoms with van der Waals surface area (Å²) in [5.74, 6) is 0.592. The summed E-state index contributed by atoms with van der Waals surface area (Å²) in [4.78, 5) is 24.4. The molecule has 8 heteroatoms. The molecule has 0 atom stereocenters. The van der Waals surface area contributed by atoms with E-state index in [0.717, 1.165) is 0 Å². The molecule has 3 aromatic rings. The average Bonchev–Trinajstić information content (AvgIpc) is 2.80. The second-order valence-electron chi connectivity index (χ2n) is 6.24. The zero-order valence-electron chi connectivity index (χ0n) is 16.8. The topological polar surface area (TPSA) is 86.2 Å². The number of methoxy groups -OCH3 is 2. The molecule has 0 aromatic heterocycles. The molecule has 0 spiro atoms. The second-order valence-corrected chi connectivity index (χ2v) is 6.64. The Labute approximate surface area is 184 Å². The van der Waals surface area contributed by atoms with Crippen molar-refractivity contribution in [1.82, 2.24) is 5.43 Å². The van der Waals surface area contributed by atoms with Crippen molar-refractivity contribution in [3.8, 4) is 17.2 Å². The number of amides is 1. The molecule has 1 N–H and O–H groups in total. The van der Waals surface area contributed by atoms with Crippen molar-refractivity contribution in [2.45, 2.75) is 0 Å². The van der Waals surface area contributed by atoms with E-state index in [-0.39, 0.29) is 16.7 Å². The van der Waals surface area contributed by atoms with Crippen LogP contribution >= 0.6 is 11.6 Å². The first kappa shape index (κ1) is 21.9. The molecule has 0 aliphatic heterocycles. The summed E-state index contributed by atoms with van der Waals surface area (Å²) in [5, 5.41) is 4.15. The number of carbonyl (C=O) groups is 2. The molecule has 0 saturated carbocycles. The van der Waals surface area contributed by atoms with E-state index < -0.39 is 5.97 Å². The van der Waals surface area contributed by atoms with E-state index in [1.165, 1.54) is 6.21 Å². The number of esters is 1.